The van der Waals surface area contributed by atoms with Gasteiger partial charge in [0.25, 0.3) is 6.33 Å². The molecule has 25 heavy (non-hydrogen) atoms. The molecule has 4 heteroatoms. The minimum Gasteiger partial charge on any atom is -1.00 e. The molecule has 0 saturated heterocycles. The SMILES string of the molecule is CC(C)c1cccc(C(C)C)c1-[n+]1cc2cccc(N(C)C)n2c1.[Cl-]. The third-order valence-corrected chi connectivity index (χ3v) is 4.61. The first-order chi connectivity index (χ1) is 11.4. The van der Waals surface area contributed by atoms with Gasteiger partial charge in [-0.3, -0.25) is 0 Å². The van der Waals surface area contributed by atoms with Gasteiger partial charge in [-0.25, -0.2) is 4.57 Å². The van der Waals surface area contributed by atoms with E-state index in [1.807, 2.05) is 0 Å². The van der Waals surface area contributed by atoms with Crippen molar-refractivity contribution in [3.05, 3.63) is 60.0 Å². The van der Waals surface area contributed by atoms with Gasteiger partial charge in [0.05, 0.1) is 0 Å². The predicted octanol–water partition coefficient (Wildman–Crippen LogP) is 1.53. The normalized spacial score (nSPS) is 11.2. The number of pyridine rings is 1. The molecular formula is C21H28ClN3. The molecule has 0 radical (unpaired) electrons. The molecule has 0 spiro atoms. The van der Waals surface area contributed by atoms with Crippen LogP contribution < -0.4 is 21.9 Å². The van der Waals surface area contributed by atoms with Crippen LogP contribution in [0.2, 0.25) is 0 Å². The summed E-state index contributed by atoms with van der Waals surface area (Å²) in [6.07, 6.45) is 4.44. The molecule has 0 fully saturated rings. The summed E-state index contributed by atoms with van der Waals surface area (Å²) >= 11 is 0. The van der Waals surface area contributed by atoms with Crippen molar-refractivity contribution in [3.63, 3.8) is 0 Å². The quantitative estimate of drug-likeness (QED) is 0.645. The predicted molar refractivity (Wildman–Crippen MR) is 101 cm³/mol. The summed E-state index contributed by atoms with van der Waals surface area (Å²) in [5.74, 6) is 2.16. The third-order valence-electron chi connectivity index (χ3n) is 4.61. The van der Waals surface area contributed by atoms with Crippen LogP contribution >= 0.6 is 0 Å². The molecule has 0 aliphatic rings. The number of halogens is 1. The standard InChI is InChI=1S/C21H28N3.ClH/c1-15(2)18-10-8-11-19(16(3)4)21(18)23-13-17-9-7-12-20(22(5)6)24(17)14-23;/h7-16H,1-6H3;1H/q+1;/p-1. The summed E-state index contributed by atoms with van der Waals surface area (Å²) in [5, 5.41) is 0. The van der Waals surface area contributed by atoms with Gasteiger partial charge in [0.1, 0.15) is 11.9 Å². The van der Waals surface area contributed by atoms with E-state index in [2.05, 4.69) is 105 Å². The molecule has 0 aliphatic heterocycles. The number of aromatic nitrogens is 2. The van der Waals surface area contributed by atoms with Gasteiger partial charge in [0.15, 0.2) is 5.52 Å². The number of imidazole rings is 1. The molecule has 0 saturated carbocycles. The van der Waals surface area contributed by atoms with E-state index in [0.29, 0.717) is 11.8 Å². The zero-order valence-corrected chi connectivity index (χ0v) is 16.7. The van der Waals surface area contributed by atoms with Crippen LogP contribution in [0.3, 0.4) is 0 Å². The molecule has 0 atom stereocenters. The summed E-state index contributed by atoms with van der Waals surface area (Å²) in [6.45, 7) is 9.07. The number of nitrogens with zero attached hydrogens (tertiary/aromatic N) is 3. The topological polar surface area (TPSA) is 11.5 Å². The van der Waals surface area contributed by atoms with Crippen molar-refractivity contribution in [2.45, 2.75) is 39.5 Å². The van der Waals surface area contributed by atoms with Crippen molar-refractivity contribution >= 4 is 11.3 Å². The van der Waals surface area contributed by atoms with Gasteiger partial charge in [0, 0.05) is 31.3 Å². The van der Waals surface area contributed by atoms with Crippen LogP contribution in [0.15, 0.2) is 48.9 Å². The molecule has 2 heterocycles. The minimum absolute atomic E-state index is 0. The fraction of sp³-hybridized carbons (Fsp3) is 0.381. The molecule has 134 valence electrons. The molecule has 3 rings (SSSR count). The molecule has 1 aromatic carbocycles. The van der Waals surface area contributed by atoms with E-state index < -0.39 is 0 Å². The van der Waals surface area contributed by atoms with Crippen LogP contribution in [0.4, 0.5) is 5.82 Å². The average Bonchev–Trinajstić information content (AvgIpc) is 2.97. The summed E-state index contributed by atoms with van der Waals surface area (Å²) in [7, 11) is 4.17. The van der Waals surface area contributed by atoms with Gasteiger partial charge in [-0.05, 0) is 17.9 Å². The van der Waals surface area contributed by atoms with E-state index in [1.54, 1.807) is 0 Å². The van der Waals surface area contributed by atoms with Gasteiger partial charge in [-0.15, -0.1) is 0 Å². The Morgan fingerprint density at radius 1 is 0.880 bits per heavy atom. The molecule has 3 aromatic rings. The smallest absolute Gasteiger partial charge is 0.255 e. The van der Waals surface area contributed by atoms with Crippen LogP contribution in [0, 0.1) is 0 Å². The second-order valence-electron chi connectivity index (χ2n) is 7.32. The number of rotatable bonds is 4. The van der Waals surface area contributed by atoms with Gasteiger partial charge < -0.3 is 17.3 Å². The van der Waals surface area contributed by atoms with Gasteiger partial charge >= 0.3 is 0 Å². The lowest BCUT2D eigenvalue weighted by Gasteiger charge is -2.16. The Kier molecular flexibility index (Phi) is 5.79. The molecule has 0 aliphatic carbocycles. The van der Waals surface area contributed by atoms with E-state index in [9.17, 15) is 0 Å². The Balaban J connectivity index is 0.00000225. The van der Waals surface area contributed by atoms with Crippen LogP contribution in [0.25, 0.3) is 11.2 Å². The molecule has 0 N–H and O–H groups in total. The third kappa shape index (κ3) is 3.52. The fourth-order valence-corrected chi connectivity index (χ4v) is 3.35. The lowest BCUT2D eigenvalue weighted by atomic mass is 9.92. The lowest BCUT2D eigenvalue weighted by Crippen LogP contribution is -3.00. The number of hydrogen-bond acceptors (Lipinski definition) is 1. The van der Waals surface area contributed by atoms with Crippen molar-refractivity contribution in [1.82, 2.24) is 4.40 Å². The average molecular weight is 358 g/mol. The number of anilines is 1. The second-order valence-corrected chi connectivity index (χ2v) is 7.32. The maximum absolute atomic E-state index is 2.30. The largest absolute Gasteiger partial charge is 1.00 e. The van der Waals surface area contributed by atoms with Crippen LogP contribution in [-0.4, -0.2) is 18.5 Å². The summed E-state index contributed by atoms with van der Waals surface area (Å²) in [4.78, 5) is 2.15. The highest BCUT2D eigenvalue weighted by Gasteiger charge is 2.21. The van der Waals surface area contributed by atoms with E-state index in [-0.39, 0.29) is 12.4 Å². The molecule has 0 unspecified atom stereocenters. The van der Waals surface area contributed by atoms with Gasteiger partial charge in [-0.1, -0.05) is 52.0 Å². The Morgan fingerprint density at radius 2 is 1.44 bits per heavy atom. The molecule has 0 bridgehead atoms. The number of hydrogen-bond donors (Lipinski definition) is 0. The maximum Gasteiger partial charge on any atom is 0.255 e. The van der Waals surface area contributed by atoms with Crippen molar-refractivity contribution in [1.29, 1.82) is 0 Å². The zero-order valence-electron chi connectivity index (χ0n) is 16.0. The molecular weight excluding hydrogens is 330 g/mol. The molecule has 2 aromatic heterocycles. The Bertz CT molecular complexity index is 836. The minimum atomic E-state index is 0. The second kappa shape index (κ2) is 7.49. The monoisotopic (exact) mass is 357 g/mol. The van der Waals surface area contributed by atoms with Crippen LogP contribution in [-0.2, 0) is 0 Å². The number of para-hydroxylation sites is 1. The van der Waals surface area contributed by atoms with E-state index in [0.717, 1.165) is 0 Å². The summed E-state index contributed by atoms with van der Waals surface area (Å²) in [6, 6.07) is 13.1. The highest BCUT2D eigenvalue weighted by atomic mass is 35.5. The number of fused-ring (bicyclic) bond motifs is 1. The fourth-order valence-electron chi connectivity index (χ4n) is 3.35. The first-order valence-electron chi connectivity index (χ1n) is 8.73. The highest BCUT2D eigenvalue weighted by Crippen LogP contribution is 2.28. The van der Waals surface area contributed by atoms with E-state index in [1.165, 1.54) is 28.1 Å². The molecule has 0 amide bonds. The Labute approximate surface area is 157 Å². The first-order valence-corrected chi connectivity index (χ1v) is 8.73. The summed E-state index contributed by atoms with van der Waals surface area (Å²) in [5.41, 5.74) is 5.33. The van der Waals surface area contributed by atoms with Crippen LogP contribution in [0.1, 0.15) is 50.7 Å². The van der Waals surface area contributed by atoms with E-state index in [4.69, 9.17) is 0 Å². The van der Waals surface area contributed by atoms with Gasteiger partial charge in [-0.2, -0.15) is 4.40 Å². The number of benzene rings is 1. The zero-order chi connectivity index (χ0) is 17.4. The van der Waals surface area contributed by atoms with Gasteiger partial charge in [0.2, 0.25) is 5.82 Å². The first kappa shape index (κ1) is 19.3. The summed E-state index contributed by atoms with van der Waals surface area (Å²) < 4.78 is 4.55. The lowest BCUT2D eigenvalue weighted by molar-refractivity contribution is -0.595. The molecule has 3 nitrogen and oxygen atoms in total. The Hall–Kier alpha value is -2.00. The van der Waals surface area contributed by atoms with Crippen LogP contribution in [0.5, 0.6) is 0 Å². The van der Waals surface area contributed by atoms with Crippen molar-refractivity contribution in [2.75, 3.05) is 19.0 Å². The maximum atomic E-state index is 2.30. The Morgan fingerprint density at radius 3 is 1.96 bits per heavy atom. The van der Waals surface area contributed by atoms with E-state index >= 15 is 0 Å². The van der Waals surface area contributed by atoms with Crippen molar-refractivity contribution < 1.29 is 17.0 Å². The van der Waals surface area contributed by atoms with Crippen molar-refractivity contribution in [2.24, 2.45) is 0 Å². The highest BCUT2D eigenvalue weighted by molar-refractivity contribution is 5.54. The van der Waals surface area contributed by atoms with Crippen molar-refractivity contribution in [3.8, 4) is 5.69 Å².